The van der Waals surface area contributed by atoms with E-state index >= 15 is 0 Å². The maximum Gasteiger partial charge on any atom is 0.134 e. The highest BCUT2D eigenvalue weighted by molar-refractivity contribution is 6.26. The van der Waals surface area contributed by atoms with Crippen molar-refractivity contribution < 1.29 is 0 Å². The van der Waals surface area contributed by atoms with Crippen LogP contribution in [-0.2, 0) is 6.42 Å². The summed E-state index contributed by atoms with van der Waals surface area (Å²) in [6.45, 7) is 0. The van der Waals surface area contributed by atoms with Crippen molar-refractivity contribution >= 4 is 66.4 Å². The maximum absolute atomic E-state index is 5.66. The second-order valence-electron chi connectivity index (χ2n) is 13.2. The molecule has 224 valence electrons. The Morgan fingerprint density at radius 2 is 1.24 bits per heavy atom. The number of para-hydroxylation sites is 3. The Labute approximate surface area is 268 Å². The molecule has 3 aromatic heterocycles. The molecule has 2 aliphatic carbocycles. The standard InChI is InChI=1S/C42H36N4/c1-3-14-28(15-4-1)44-35-21-10-8-18-31(35)33-26-27-34-32-19-9-12-23-38(32)46(42(34)41(33)44)40-25-13-24-39(43-40)45-36-20-6-2-5-16-29(36)30-17-7-11-22-37(30)45/h2,5-13,16-19,21-23,25-28,39H,1,3-4,14-15,20,24H2. The Balaban J connectivity index is 1.28. The van der Waals surface area contributed by atoms with Gasteiger partial charge in [-0.2, -0.15) is 0 Å². The molecular weight excluding hydrogens is 560 g/mol. The molecule has 0 spiro atoms. The van der Waals surface area contributed by atoms with Gasteiger partial charge in [0.1, 0.15) is 12.0 Å². The van der Waals surface area contributed by atoms with Gasteiger partial charge in [-0.25, -0.2) is 4.99 Å². The van der Waals surface area contributed by atoms with Gasteiger partial charge in [0.15, 0.2) is 0 Å². The number of aliphatic imine (C=N–C) groups is 1. The number of hydrogen-bond acceptors (Lipinski definition) is 1. The quantitative estimate of drug-likeness (QED) is 0.190. The number of dihydropyridines is 1. The maximum atomic E-state index is 5.66. The van der Waals surface area contributed by atoms with Gasteiger partial charge in [0.25, 0.3) is 0 Å². The van der Waals surface area contributed by atoms with Crippen LogP contribution in [-0.4, -0.2) is 19.5 Å². The summed E-state index contributed by atoms with van der Waals surface area (Å²) in [5, 5.41) is 6.59. The molecule has 46 heavy (non-hydrogen) atoms. The molecule has 4 heteroatoms. The minimum Gasteiger partial charge on any atom is -0.336 e. The highest BCUT2D eigenvalue weighted by atomic mass is 15.2. The van der Waals surface area contributed by atoms with E-state index in [2.05, 4.69) is 135 Å². The highest BCUT2D eigenvalue weighted by Crippen LogP contribution is 2.43. The van der Waals surface area contributed by atoms with Crippen molar-refractivity contribution in [1.82, 2.24) is 13.7 Å². The van der Waals surface area contributed by atoms with Crippen molar-refractivity contribution in [2.75, 3.05) is 0 Å². The van der Waals surface area contributed by atoms with E-state index in [4.69, 9.17) is 4.99 Å². The highest BCUT2D eigenvalue weighted by Gasteiger charge is 2.27. The summed E-state index contributed by atoms with van der Waals surface area (Å²) in [6.07, 6.45) is 21.7. The SMILES string of the molecule is C1=CCc2c(c3ccccc3n2C2CC=CC(n3c4ccccc4c4ccc5c6ccccc6n(C6CCCCC6)c5c43)=N2)C=C1. The van der Waals surface area contributed by atoms with Crippen molar-refractivity contribution in [2.45, 2.75) is 57.2 Å². The molecule has 0 amide bonds. The average molecular weight is 597 g/mol. The normalized spacial score (nSPS) is 18.7. The summed E-state index contributed by atoms with van der Waals surface area (Å²) in [5.41, 5.74) is 9.14. The van der Waals surface area contributed by atoms with Gasteiger partial charge >= 0.3 is 0 Å². The molecule has 7 aromatic rings. The van der Waals surface area contributed by atoms with Crippen LogP contribution in [0.2, 0.25) is 0 Å². The molecule has 4 aromatic carbocycles. The molecule has 0 bridgehead atoms. The van der Waals surface area contributed by atoms with Crippen LogP contribution in [0.1, 0.15) is 62.0 Å². The lowest BCUT2D eigenvalue weighted by atomic mass is 9.95. The molecule has 0 saturated heterocycles. The van der Waals surface area contributed by atoms with E-state index in [1.165, 1.54) is 97.9 Å². The molecule has 1 fully saturated rings. The predicted molar refractivity (Wildman–Crippen MR) is 194 cm³/mol. The van der Waals surface area contributed by atoms with Crippen LogP contribution in [0.5, 0.6) is 0 Å². The van der Waals surface area contributed by atoms with Crippen LogP contribution < -0.4 is 0 Å². The van der Waals surface area contributed by atoms with E-state index in [1.54, 1.807) is 0 Å². The molecule has 10 rings (SSSR count). The minimum atomic E-state index is -0.0202. The predicted octanol–water partition coefficient (Wildman–Crippen LogP) is 10.9. The Bertz CT molecular complexity index is 2470. The van der Waals surface area contributed by atoms with Crippen molar-refractivity contribution in [3.8, 4) is 0 Å². The molecule has 4 nitrogen and oxygen atoms in total. The summed E-state index contributed by atoms with van der Waals surface area (Å²) >= 11 is 0. The fourth-order valence-corrected chi connectivity index (χ4v) is 8.82. The molecule has 1 saturated carbocycles. The number of nitrogens with zero attached hydrogens (tertiary/aromatic N) is 4. The zero-order chi connectivity index (χ0) is 30.2. The summed E-state index contributed by atoms with van der Waals surface area (Å²) in [7, 11) is 0. The summed E-state index contributed by atoms with van der Waals surface area (Å²) in [6, 6.07) is 32.1. The van der Waals surface area contributed by atoms with Gasteiger partial charge in [0, 0.05) is 62.6 Å². The Morgan fingerprint density at radius 3 is 2.04 bits per heavy atom. The number of allylic oxidation sites excluding steroid dienone is 4. The molecule has 1 unspecified atom stereocenters. The van der Waals surface area contributed by atoms with Gasteiger partial charge in [-0.05, 0) is 37.1 Å². The third kappa shape index (κ3) is 3.70. The topological polar surface area (TPSA) is 27.1 Å². The van der Waals surface area contributed by atoms with Gasteiger partial charge in [-0.1, -0.05) is 116 Å². The Morgan fingerprint density at radius 1 is 0.565 bits per heavy atom. The van der Waals surface area contributed by atoms with Crippen LogP contribution in [0.3, 0.4) is 0 Å². The van der Waals surface area contributed by atoms with Crippen molar-refractivity contribution in [1.29, 1.82) is 0 Å². The lowest BCUT2D eigenvalue weighted by Crippen LogP contribution is -2.19. The fraction of sp³-hybridized carbons (Fsp3) is 0.214. The fourth-order valence-electron chi connectivity index (χ4n) is 8.82. The number of hydrogen-bond donors (Lipinski definition) is 0. The Hall–Kier alpha value is -5.09. The molecule has 4 heterocycles. The smallest absolute Gasteiger partial charge is 0.134 e. The number of fused-ring (bicyclic) bond motifs is 10. The van der Waals surface area contributed by atoms with E-state index in [1.807, 2.05) is 0 Å². The van der Waals surface area contributed by atoms with E-state index in [9.17, 15) is 0 Å². The lowest BCUT2D eigenvalue weighted by molar-refractivity contribution is 0.367. The zero-order valence-corrected chi connectivity index (χ0v) is 25.9. The van der Waals surface area contributed by atoms with E-state index in [-0.39, 0.29) is 6.17 Å². The molecule has 3 aliphatic rings. The van der Waals surface area contributed by atoms with Gasteiger partial charge in [0.05, 0.1) is 22.1 Å². The van der Waals surface area contributed by atoms with Crippen molar-refractivity contribution in [2.24, 2.45) is 4.99 Å². The number of aromatic nitrogens is 3. The second kappa shape index (κ2) is 10.2. The van der Waals surface area contributed by atoms with Crippen molar-refractivity contribution in [3.05, 3.63) is 127 Å². The van der Waals surface area contributed by atoms with Crippen LogP contribution in [0.15, 0.2) is 120 Å². The Kier molecular flexibility index (Phi) is 5.81. The molecule has 1 atom stereocenters. The third-order valence-electron chi connectivity index (χ3n) is 10.7. The van der Waals surface area contributed by atoms with Crippen LogP contribution in [0.25, 0.3) is 60.6 Å². The zero-order valence-electron chi connectivity index (χ0n) is 25.9. The first-order valence-electron chi connectivity index (χ1n) is 17.0. The largest absolute Gasteiger partial charge is 0.336 e. The van der Waals surface area contributed by atoms with Gasteiger partial charge in [-0.15, -0.1) is 0 Å². The molecular formula is C42H36N4. The average Bonchev–Trinajstić information content (AvgIpc) is 3.66. The second-order valence-corrected chi connectivity index (χ2v) is 13.2. The first kappa shape index (κ1) is 26.2. The molecule has 0 N–H and O–H groups in total. The first-order valence-corrected chi connectivity index (χ1v) is 17.0. The summed E-state index contributed by atoms with van der Waals surface area (Å²) in [4.78, 5) is 5.66. The lowest BCUT2D eigenvalue weighted by Gasteiger charge is -2.26. The van der Waals surface area contributed by atoms with E-state index < -0.39 is 0 Å². The summed E-state index contributed by atoms with van der Waals surface area (Å²) < 4.78 is 7.71. The monoisotopic (exact) mass is 596 g/mol. The van der Waals surface area contributed by atoms with Crippen LogP contribution in [0, 0.1) is 0 Å². The van der Waals surface area contributed by atoms with E-state index in [0.29, 0.717) is 6.04 Å². The number of benzene rings is 4. The molecule has 1 aliphatic heterocycles. The number of rotatable bonds is 2. The first-order chi connectivity index (χ1) is 22.9. The minimum absolute atomic E-state index is 0.0202. The van der Waals surface area contributed by atoms with Gasteiger partial charge in [0.2, 0.25) is 0 Å². The third-order valence-corrected chi connectivity index (χ3v) is 10.7. The summed E-state index contributed by atoms with van der Waals surface area (Å²) in [5.74, 6) is 1.02. The van der Waals surface area contributed by atoms with Gasteiger partial charge in [-0.3, -0.25) is 4.57 Å². The van der Waals surface area contributed by atoms with Crippen molar-refractivity contribution in [3.63, 3.8) is 0 Å². The van der Waals surface area contributed by atoms with E-state index in [0.717, 1.165) is 18.7 Å². The van der Waals surface area contributed by atoms with Crippen LogP contribution >= 0.6 is 0 Å². The van der Waals surface area contributed by atoms with Gasteiger partial charge < -0.3 is 9.13 Å². The molecule has 0 radical (unpaired) electrons. The van der Waals surface area contributed by atoms with Crippen LogP contribution in [0.4, 0.5) is 0 Å².